The van der Waals surface area contributed by atoms with E-state index in [2.05, 4.69) is 10.6 Å². The van der Waals surface area contributed by atoms with Crippen LogP contribution in [0.2, 0.25) is 0 Å². The number of thioether (sulfide) groups is 1. The molecule has 0 atom stereocenters. The highest BCUT2D eigenvalue weighted by Crippen LogP contribution is 2.32. The normalized spacial score (nSPS) is 14.6. The number of nitrogens with one attached hydrogen (secondary N) is 2. The van der Waals surface area contributed by atoms with Crippen molar-refractivity contribution in [2.45, 2.75) is 6.54 Å². The fraction of sp³-hybridized carbons (Fsp3) is 0.227. The second kappa shape index (κ2) is 10.5. The molecule has 8 nitrogen and oxygen atoms in total. The highest BCUT2D eigenvalue weighted by molar-refractivity contribution is 8.18. The van der Waals surface area contributed by atoms with Gasteiger partial charge in [-0.2, -0.15) is 0 Å². The Labute approximate surface area is 184 Å². The third-order valence-electron chi connectivity index (χ3n) is 4.50. The zero-order chi connectivity index (χ0) is 22.2. The van der Waals surface area contributed by atoms with Crippen molar-refractivity contribution >= 4 is 35.0 Å². The summed E-state index contributed by atoms with van der Waals surface area (Å²) < 4.78 is 10.3. The quantitative estimate of drug-likeness (QED) is 0.611. The number of urea groups is 1. The SMILES string of the molecule is COc1ccc(C=C2SC(=O)N(CCNC(=O)NCc3cccc(OC)c3)C2=O)cc1. The van der Waals surface area contributed by atoms with E-state index < -0.39 is 0 Å². The first kappa shape index (κ1) is 22.2. The third-order valence-corrected chi connectivity index (χ3v) is 5.40. The molecule has 1 heterocycles. The maximum atomic E-state index is 12.5. The summed E-state index contributed by atoms with van der Waals surface area (Å²) in [5.41, 5.74) is 1.69. The van der Waals surface area contributed by atoms with Gasteiger partial charge in [-0.1, -0.05) is 24.3 Å². The Balaban J connectivity index is 1.47. The van der Waals surface area contributed by atoms with Crippen molar-refractivity contribution in [2.75, 3.05) is 27.3 Å². The number of carbonyl (C=O) groups excluding carboxylic acids is 3. The standard InChI is InChI=1S/C22H23N3O5S/c1-29-17-8-6-15(7-9-17)13-19-20(26)25(22(28)31-19)11-10-23-21(27)24-14-16-4-3-5-18(12-16)30-2/h3-9,12-13H,10-11,14H2,1-2H3,(H2,23,24,27). The van der Waals surface area contributed by atoms with Crippen molar-refractivity contribution in [3.63, 3.8) is 0 Å². The summed E-state index contributed by atoms with van der Waals surface area (Å²) in [6.45, 7) is 0.574. The lowest BCUT2D eigenvalue weighted by Gasteiger charge is -2.13. The van der Waals surface area contributed by atoms with Crippen molar-refractivity contribution < 1.29 is 23.9 Å². The van der Waals surface area contributed by atoms with Crippen LogP contribution < -0.4 is 20.1 Å². The van der Waals surface area contributed by atoms with Gasteiger partial charge in [0, 0.05) is 19.6 Å². The molecule has 0 unspecified atom stereocenters. The van der Waals surface area contributed by atoms with Crippen molar-refractivity contribution in [2.24, 2.45) is 0 Å². The summed E-state index contributed by atoms with van der Waals surface area (Å²) in [4.78, 5) is 38.2. The summed E-state index contributed by atoms with van der Waals surface area (Å²) in [7, 11) is 3.16. The maximum absolute atomic E-state index is 12.5. The topological polar surface area (TPSA) is 97.0 Å². The number of amides is 4. The molecule has 1 aliphatic heterocycles. The van der Waals surface area contributed by atoms with E-state index in [4.69, 9.17) is 9.47 Å². The molecule has 0 spiro atoms. The number of benzene rings is 2. The van der Waals surface area contributed by atoms with E-state index in [1.165, 1.54) is 0 Å². The first-order valence-electron chi connectivity index (χ1n) is 9.54. The molecule has 31 heavy (non-hydrogen) atoms. The molecule has 2 aromatic carbocycles. The van der Waals surface area contributed by atoms with Crippen LogP contribution in [-0.4, -0.2) is 49.4 Å². The predicted octanol–water partition coefficient (Wildman–Crippen LogP) is 3.24. The number of carbonyl (C=O) groups is 3. The van der Waals surface area contributed by atoms with E-state index in [1.54, 1.807) is 44.6 Å². The number of imide groups is 1. The largest absolute Gasteiger partial charge is 0.497 e. The third kappa shape index (κ3) is 6.02. The summed E-state index contributed by atoms with van der Waals surface area (Å²) in [6, 6.07) is 14.2. The number of ether oxygens (including phenoxy) is 2. The number of hydrogen-bond acceptors (Lipinski definition) is 6. The zero-order valence-corrected chi connectivity index (χ0v) is 18.0. The predicted molar refractivity (Wildman–Crippen MR) is 119 cm³/mol. The van der Waals surface area contributed by atoms with Gasteiger partial charge in [0.2, 0.25) is 0 Å². The number of hydrogen-bond donors (Lipinski definition) is 2. The van der Waals surface area contributed by atoms with Crippen LogP contribution in [0.5, 0.6) is 11.5 Å². The number of nitrogens with zero attached hydrogens (tertiary/aromatic N) is 1. The Morgan fingerprint density at radius 1 is 1.03 bits per heavy atom. The minimum Gasteiger partial charge on any atom is -0.497 e. The summed E-state index contributed by atoms with van der Waals surface area (Å²) in [6.07, 6.45) is 1.67. The van der Waals surface area contributed by atoms with E-state index in [0.29, 0.717) is 22.9 Å². The average molecular weight is 442 g/mol. The molecule has 1 aliphatic rings. The van der Waals surface area contributed by atoms with Gasteiger partial charge < -0.3 is 20.1 Å². The van der Waals surface area contributed by atoms with Crippen LogP contribution in [-0.2, 0) is 11.3 Å². The number of methoxy groups -OCH3 is 2. The Kier molecular flexibility index (Phi) is 7.55. The molecule has 1 fully saturated rings. The van der Waals surface area contributed by atoms with Gasteiger partial charge in [-0.25, -0.2) is 4.79 Å². The van der Waals surface area contributed by atoms with E-state index in [0.717, 1.165) is 27.8 Å². The first-order chi connectivity index (χ1) is 15.0. The molecular weight excluding hydrogens is 418 g/mol. The monoisotopic (exact) mass is 441 g/mol. The van der Waals surface area contributed by atoms with E-state index in [9.17, 15) is 14.4 Å². The van der Waals surface area contributed by atoms with Crippen molar-refractivity contribution in [3.8, 4) is 11.5 Å². The molecule has 0 bridgehead atoms. The lowest BCUT2D eigenvalue weighted by atomic mass is 10.2. The minimum atomic E-state index is -0.386. The zero-order valence-electron chi connectivity index (χ0n) is 17.2. The van der Waals surface area contributed by atoms with Crippen LogP contribution in [0.1, 0.15) is 11.1 Å². The van der Waals surface area contributed by atoms with Gasteiger partial charge in [0.05, 0.1) is 19.1 Å². The van der Waals surface area contributed by atoms with E-state index in [-0.39, 0.29) is 30.3 Å². The van der Waals surface area contributed by atoms with Crippen LogP contribution >= 0.6 is 11.8 Å². The van der Waals surface area contributed by atoms with E-state index in [1.807, 2.05) is 24.3 Å². The molecule has 0 saturated carbocycles. The lowest BCUT2D eigenvalue weighted by molar-refractivity contribution is -0.122. The fourth-order valence-corrected chi connectivity index (χ4v) is 3.72. The smallest absolute Gasteiger partial charge is 0.315 e. The Morgan fingerprint density at radius 2 is 1.77 bits per heavy atom. The Hall–Kier alpha value is -3.46. The molecule has 2 N–H and O–H groups in total. The van der Waals surface area contributed by atoms with Gasteiger partial charge in [-0.15, -0.1) is 0 Å². The second-order valence-electron chi connectivity index (χ2n) is 6.57. The Morgan fingerprint density at radius 3 is 2.48 bits per heavy atom. The minimum absolute atomic E-state index is 0.0944. The number of rotatable bonds is 8. The van der Waals surface area contributed by atoms with Gasteiger partial charge in [0.25, 0.3) is 11.1 Å². The van der Waals surface area contributed by atoms with Gasteiger partial charge in [0.15, 0.2) is 0 Å². The van der Waals surface area contributed by atoms with Gasteiger partial charge in [-0.3, -0.25) is 14.5 Å². The van der Waals surface area contributed by atoms with Crippen LogP contribution in [0.4, 0.5) is 9.59 Å². The second-order valence-corrected chi connectivity index (χ2v) is 7.56. The molecule has 0 aliphatic carbocycles. The molecule has 1 saturated heterocycles. The van der Waals surface area contributed by atoms with Gasteiger partial charge >= 0.3 is 6.03 Å². The molecule has 0 radical (unpaired) electrons. The summed E-state index contributed by atoms with van der Waals surface area (Å²) in [5, 5.41) is 5.03. The van der Waals surface area contributed by atoms with Crippen molar-refractivity contribution in [1.29, 1.82) is 0 Å². The van der Waals surface area contributed by atoms with Crippen molar-refractivity contribution in [1.82, 2.24) is 15.5 Å². The van der Waals surface area contributed by atoms with Crippen LogP contribution in [0.3, 0.4) is 0 Å². The fourth-order valence-electron chi connectivity index (χ4n) is 2.85. The van der Waals surface area contributed by atoms with Crippen LogP contribution in [0.25, 0.3) is 6.08 Å². The molecule has 0 aromatic heterocycles. The Bertz CT molecular complexity index is 991. The van der Waals surface area contributed by atoms with Crippen LogP contribution in [0, 0.1) is 0 Å². The highest BCUT2D eigenvalue weighted by atomic mass is 32.2. The molecule has 162 valence electrons. The average Bonchev–Trinajstić information content (AvgIpc) is 3.05. The molecule has 3 rings (SSSR count). The summed E-state index contributed by atoms with van der Waals surface area (Å²) >= 11 is 0.884. The molecule has 4 amide bonds. The van der Waals surface area contributed by atoms with Crippen molar-refractivity contribution in [3.05, 3.63) is 64.6 Å². The summed E-state index contributed by atoms with van der Waals surface area (Å²) in [5.74, 6) is 1.05. The molecular formula is C22H23N3O5S. The van der Waals surface area contributed by atoms with E-state index >= 15 is 0 Å². The molecule has 2 aromatic rings. The van der Waals surface area contributed by atoms with Gasteiger partial charge in [0.1, 0.15) is 11.5 Å². The van der Waals surface area contributed by atoms with Gasteiger partial charge in [-0.05, 0) is 53.2 Å². The maximum Gasteiger partial charge on any atom is 0.315 e. The first-order valence-corrected chi connectivity index (χ1v) is 10.4. The van der Waals surface area contributed by atoms with Crippen LogP contribution in [0.15, 0.2) is 53.4 Å². The highest BCUT2D eigenvalue weighted by Gasteiger charge is 2.34. The lowest BCUT2D eigenvalue weighted by Crippen LogP contribution is -2.41. The molecule has 9 heteroatoms.